The second kappa shape index (κ2) is 7.54. The van der Waals surface area contributed by atoms with Gasteiger partial charge in [0.1, 0.15) is 6.73 Å². The van der Waals surface area contributed by atoms with Gasteiger partial charge in [-0.25, -0.2) is 0 Å². The van der Waals surface area contributed by atoms with Crippen molar-refractivity contribution in [1.82, 2.24) is 5.32 Å². The van der Waals surface area contributed by atoms with E-state index in [1.807, 2.05) is 0 Å². The fourth-order valence-electron chi connectivity index (χ4n) is 0.599. The lowest BCUT2D eigenvalue weighted by atomic mass is 10.5. The Balaban J connectivity index is 3.25. The molecule has 76 valence electrons. The molecule has 0 aliphatic rings. The van der Waals surface area contributed by atoms with Gasteiger partial charge in [0.2, 0.25) is 0 Å². The van der Waals surface area contributed by atoms with Crippen LogP contribution in [0.5, 0.6) is 0 Å². The topological polar surface area (TPSA) is 64.6 Å². The third-order valence-corrected chi connectivity index (χ3v) is 1.20. The van der Waals surface area contributed by atoms with E-state index >= 15 is 0 Å². The van der Waals surface area contributed by atoms with E-state index in [4.69, 9.17) is 0 Å². The van der Waals surface area contributed by atoms with Crippen LogP contribution in [0.4, 0.5) is 0 Å². The van der Waals surface area contributed by atoms with Gasteiger partial charge < -0.3 is 9.47 Å². The molecule has 1 N–H and O–H groups in total. The number of rotatable bonds is 6. The van der Waals surface area contributed by atoms with Crippen LogP contribution in [-0.2, 0) is 19.1 Å². The normalized spacial score (nSPS) is 9.38. The van der Waals surface area contributed by atoms with E-state index in [0.29, 0.717) is 13.0 Å². The molecule has 0 heterocycles. The molecule has 0 spiro atoms. The summed E-state index contributed by atoms with van der Waals surface area (Å²) in [4.78, 5) is 21.3. The van der Waals surface area contributed by atoms with Crippen LogP contribution in [0.3, 0.4) is 0 Å². The van der Waals surface area contributed by atoms with Crippen LogP contribution in [0.2, 0.25) is 0 Å². The minimum atomic E-state index is -0.352. The van der Waals surface area contributed by atoms with Crippen molar-refractivity contribution in [2.45, 2.75) is 20.3 Å². The van der Waals surface area contributed by atoms with Crippen molar-refractivity contribution < 1.29 is 19.1 Å². The first-order valence-corrected chi connectivity index (χ1v) is 4.22. The molecule has 0 saturated heterocycles. The highest BCUT2D eigenvalue weighted by atomic mass is 16.5. The quantitative estimate of drug-likeness (QED) is 0.363. The van der Waals surface area contributed by atoms with Gasteiger partial charge in [-0.15, -0.1) is 0 Å². The van der Waals surface area contributed by atoms with Crippen molar-refractivity contribution in [3.05, 3.63) is 0 Å². The first-order valence-electron chi connectivity index (χ1n) is 4.22. The molecule has 0 saturated carbocycles. The summed E-state index contributed by atoms with van der Waals surface area (Å²) in [7, 11) is 0. The van der Waals surface area contributed by atoms with E-state index in [1.54, 1.807) is 13.8 Å². The second-order valence-corrected chi connectivity index (χ2v) is 2.25. The number of carbonyl (C=O) groups excluding carboxylic acids is 2. The minimum absolute atomic E-state index is 0.0471. The van der Waals surface area contributed by atoms with Crippen LogP contribution in [0.25, 0.3) is 0 Å². The van der Waals surface area contributed by atoms with Gasteiger partial charge in [0, 0.05) is 6.42 Å². The zero-order chi connectivity index (χ0) is 10.1. The van der Waals surface area contributed by atoms with Crippen molar-refractivity contribution in [3.8, 4) is 0 Å². The summed E-state index contributed by atoms with van der Waals surface area (Å²) in [6.45, 7) is 3.90. The van der Waals surface area contributed by atoms with Gasteiger partial charge in [0.25, 0.3) is 0 Å². The van der Waals surface area contributed by atoms with Crippen LogP contribution in [0, 0.1) is 0 Å². The SMILES string of the molecule is CCOC(=O)CNCOC(=O)CC. The molecule has 0 aliphatic heterocycles. The maximum Gasteiger partial charge on any atom is 0.320 e. The van der Waals surface area contributed by atoms with Gasteiger partial charge in [-0.3, -0.25) is 14.9 Å². The molecular weight excluding hydrogens is 174 g/mol. The van der Waals surface area contributed by atoms with E-state index in [9.17, 15) is 9.59 Å². The Morgan fingerprint density at radius 3 is 2.38 bits per heavy atom. The molecule has 0 bridgehead atoms. The Morgan fingerprint density at radius 1 is 1.15 bits per heavy atom. The number of esters is 2. The van der Waals surface area contributed by atoms with Crippen molar-refractivity contribution in [2.75, 3.05) is 19.9 Å². The van der Waals surface area contributed by atoms with E-state index in [-0.39, 0.29) is 25.2 Å². The maximum absolute atomic E-state index is 10.7. The Morgan fingerprint density at radius 2 is 1.85 bits per heavy atom. The molecule has 13 heavy (non-hydrogen) atoms. The Labute approximate surface area is 77.4 Å². The number of hydrogen-bond donors (Lipinski definition) is 1. The highest BCUT2D eigenvalue weighted by Gasteiger charge is 2.01. The fraction of sp³-hybridized carbons (Fsp3) is 0.750. The molecule has 5 nitrogen and oxygen atoms in total. The zero-order valence-corrected chi connectivity index (χ0v) is 7.96. The van der Waals surface area contributed by atoms with E-state index in [1.165, 1.54) is 0 Å². The Hall–Kier alpha value is -1.10. The summed E-state index contributed by atoms with van der Waals surface area (Å²) in [5, 5.41) is 2.62. The van der Waals surface area contributed by atoms with Crippen LogP contribution in [0.15, 0.2) is 0 Å². The van der Waals surface area contributed by atoms with Gasteiger partial charge >= 0.3 is 11.9 Å². The smallest absolute Gasteiger partial charge is 0.320 e. The lowest BCUT2D eigenvalue weighted by Crippen LogP contribution is -2.28. The number of nitrogens with one attached hydrogen (secondary N) is 1. The van der Waals surface area contributed by atoms with Gasteiger partial charge in [-0.2, -0.15) is 0 Å². The average molecular weight is 189 g/mol. The minimum Gasteiger partial charge on any atom is -0.465 e. The van der Waals surface area contributed by atoms with E-state index in [2.05, 4.69) is 14.8 Å². The highest BCUT2D eigenvalue weighted by molar-refractivity contribution is 5.71. The van der Waals surface area contributed by atoms with Gasteiger partial charge in [-0.1, -0.05) is 6.92 Å². The summed E-state index contributed by atoms with van der Waals surface area (Å²) in [5.41, 5.74) is 0. The maximum atomic E-state index is 10.7. The third kappa shape index (κ3) is 7.27. The molecule has 0 rings (SSSR count). The molecule has 0 atom stereocenters. The lowest BCUT2D eigenvalue weighted by Gasteiger charge is -2.04. The molecule has 0 amide bonds. The second-order valence-electron chi connectivity index (χ2n) is 2.25. The predicted octanol–water partition coefficient (Wildman–Crippen LogP) is 0.0498. The van der Waals surface area contributed by atoms with Gasteiger partial charge in [0.05, 0.1) is 13.2 Å². The first kappa shape index (κ1) is 11.9. The molecule has 0 radical (unpaired) electrons. The summed E-state index contributed by atoms with van der Waals surface area (Å²) in [6, 6.07) is 0. The average Bonchev–Trinajstić information content (AvgIpc) is 2.12. The van der Waals surface area contributed by atoms with Crippen molar-refractivity contribution >= 4 is 11.9 Å². The highest BCUT2D eigenvalue weighted by Crippen LogP contribution is 1.81. The van der Waals surface area contributed by atoms with Crippen molar-refractivity contribution in [3.63, 3.8) is 0 Å². The van der Waals surface area contributed by atoms with Crippen molar-refractivity contribution in [2.24, 2.45) is 0 Å². The van der Waals surface area contributed by atoms with Gasteiger partial charge in [-0.05, 0) is 6.92 Å². The predicted molar refractivity (Wildman–Crippen MR) is 45.9 cm³/mol. The largest absolute Gasteiger partial charge is 0.465 e. The molecule has 0 aliphatic carbocycles. The standard InChI is InChI=1S/C8H15NO4/c1-3-7(10)13-6-9-5-8(11)12-4-2/h9H,3-6H2,1-2H3. The summed E-state index contributed by atoms with van der Waals surface area (Å²) < 4.78 is 9.30. The van der Waals surface area contributed by atoms with E-state index in [0.717, 1.165) is 0 Å². The van der Waals surface area contributed by atoms with Crippen LogP contribution in [0.1, 0.15) is 20.3 Å². The fourth-order valence-corrected chi connectivity index (χ4v) is 0.599. The summed E-state index contributed by atoms with van der Waals surface area (Å²) in [6.07, 6.45) is 0.334. The third-order valence-electron chi connectivity index (χ3n) is 1.20. The number of hydrogen-bond acceptors (Lipinski definition) is 5. The molecular formula is C8H15NO4. The molecule has 0 aromatic rings. The number of ether oxygens (including phenoxy) is 2. The van der Waals surface area contributed by atoms with E-state index < -0.39 is 0 Å². The Kier molecular flexibility index (Phi) is 6.91. The van der Waals surface area contributed by atoms with Crippen LogP contribution in [-0.4, -0.2) is 31.8 Å². The molecule has 0 aromatic heterocycles. The summed E-state index contributed by atoms with van der Waals surface area (Å²) >= 11 is 0. The van der Waals surface area contributed by atoms with Gasteiger partial charge in [0.15, 0.2) is 0 Å². The zero-order valence-electron chi connectivity index (χ0n) is 7.96. The lowest BCUT2D eigenvalue weighted by molar-refractivity contribution is -0.147. The van der Waals surface area contributed by atoms with Crippen LogP contribution >= 0.6 is 0 Å². The molecule has 0 unspecified atom stereocenters. The molecule has 0 fully saturated rings. The van der Waals surface area contributed by atoms with Crippen LogP contribution < -0.4 is 5.32 Å². The number of carbonyl (C=O) groups is 2. The molecule has 0 aromatic carbocycles. The monoisotopic (exact) mass is 189 g/mol. The van der Waals surface area contributed by atoms with Crippen molar-refractivity contribution in [1.29, 1.82) is 0 Å². The summed E-state index contributed by atoms with van der Waals surface area (Å²) in [5.74, 6) is -0.647. The molecule has 5 heteroatoms. The Bertz CT molecular complexity index is 170. The first-order chi connectivity index (χ1) is 6.20.